The molecule has 2 heterocycles. The molecule has 4 rings (SSSR count). The second-order valence-corrected chi connectivity index (χ2v) is 7.18. The van der Waals surface area contributed by atoms with Crippen LogP contribution in [0.3, 0.4) is 0 Å². The lowest BCUT2D eigenvalue weighted by Gasteiger charge is -2.37. The molecule has 1 amide bonds. The van der Waals surface area contributed by atoms with Crippen LogP contribution in [0.2, 0.25) is 0 Å². The molecule has 1 aliphatic rings. The number of piperazine rings is 1. The summed E-state index contributed by atoms with van der Waals surface area (Å²) in [6.45, 7) is 5.82. The third-order valence-corrected chi connectivity index (χ3v) is 5.09. The largest absolute Gasteiger partial charge is 0.368 e. The molecule has 0 spiro atoms. The van der Waals surface area contributed by atoms with E-state index in [1.807, 2.05) is 6.07 Å². The van der Waals surface area contributed by atoms with E-state index in [2.05, 4.69) is 51.3 Å². The molecule has 1 fully saturated rings. The highest BCUT2D eigenvalue weighted by atomic mass is 19.1. The van der Waals surface area contributed by atoms with Gasteiger partial charge >= 0.3 is 0 Å². The third-order valence-electron chi connectivity index (χ3n) is 5.09. The Kier molecular flexibility index (Phi) is 5.42. The number of nitrogens with one attached hydrogen (secondary N) is 1. The molecule has 0 bridgehead atoms. The number of rotatable bonds is 4. The van der Waals surface area contributed by atoms with E-state index in [1.54, 1.807) is 18.3 Å². The topological polar surface area (TPSA) is 48.5 Å². The van der Waals surface area contributed by atoms with Crippen molar-refractivity contribution in [3.63, 3.8) is 0 Å². The van der Waals surface area contributed by atoms with E-state index >= 15 is 0 Å². The molecular weight excluding hydrogens is 367 g/mol. The molecule has 0 atom stereocenters. The number of benzene rings is 2. The summed E-state index contributed by atoms with van der Waals surface area (Å²) in [5, 5.41) is 2.71. The molecule has 0 unspecified atom stereocenters. The van der Waals surface area contributed by atoms with Crippen LogP contribution < -0.4 is 15.1 Å². The Morgan fingerprint density at radius 2 is 1.66 bits per heavy atom. The number of nitrogens with zero attached hydrogens (tertiary/aromatic N) is 3. The van der Waals surface area contributed by atoms with Crippen molar-refractivity contribution in [2.75, 3.05) is 41.3 Å². The Labute approximate surface area is 169 Å². The van der Waals surface area contributed by atoms with Crippen molar-refractivity contribution in [3.05, 3.63) is 83.8 Å². The number of hydrogen-bond donors (Lipinski definition) is 1. The Morgan fingerprint density at radius 1 is 0.931 bits per heavy atom. The number of hydrogen-bond acceptors (Lipinski definition) is 4. The summed E-state index contributed by atoms with van der Waals surface area (Å²) < 4.78 is 13.3. The predicted octanol–water partition coefficient (Wildman–Crippen LogP) is 4.11. The smallest absolute Gasteiger partial charge is 0.256 e. The molecule has 1 aromatic heterocycles. The van der Waals surface area contributed by atoms with Gasteiger partial charge in [0.15, 0.2) is 0 Å². The van der Waals surface area contributed by atoms with Crippen LogP contribution in [0, 0.1) is 12.7 Å². The molecule has 1 saturated heterocycles. The van der Waals surface area contributed by atoms with E-state index < -0.39 is 5.82 Å². The Balaban J connectivity index is 1.35. The molecule has 2 aromatic carbocycles. The maximum atomic E-state index is 13.3. The molecule has 6 heteroatoms. The van der Waals surface area contributed by atoms with E-state index in [0.717, 1.165) is 31.9 Å². The average Bonchev–Trinajstić information content (AvgIpc) is 2.74. The molecule has 0 saturated carbocycles. The van der Waals surface area contributed by atoms with Crippen LogP contribution in [0.1, 0.15) is 15.9 Å². The van der Waals surface area contributed by atoms with Crippen molar-refractivity contribution in [2.24, 2.45) is 0 Å². The van der Waals surface area contributed by atoms with Gasteiger partial charge in [-0.05, 0) is 55.0 Å². The lowest BCUT2D eigenvalue weighted by atomic mass is 10.2. The summed E-state index contributed by atoms with van der Waals surface area (Å²) >= 11 is 0. The zero-order valence-corrected chi connectivity index (χ0v) is 16.3. The summed E-state index contributed by atoms with van der Waals surface area (Å²) in [4.78, 5) is 21.2. The highest BCUT2D eigenvalue weighted by molar-refractivity contribution is 6.03. The quantitative estimate of drug-likeness (QED) is 0.728. The zero-order chi connectivity index (χ0) is 20.2. The molecular formula is C23H23FN4O. The van der Waals surface area contributed by atoms with Crippen LogP contribution in [0.25, 0.3) is 0 Å². The fourth-order valence-electron chi connectivity index (χ4n) is 3.51. The standard InChI is InChI=1S/C23H23FN4O/c1-17-4-2-7-20(14-17)27-10-12-28(13-11-27)21-8-9-22(25-16-21)26-23(29)18-5-3-6-19(24)15-18/h2-9,14-16H,10-13H2,1H3,(H,25,26,29). The summed E-state index contributed by atoms with van der Waals surface area (Å²) in [5.41, 5.74) is 3.82. The van der Waals surface area contributed by atoms with Crippen LogP contribution in [0.4, 0.5) is 21.6 Å². The maximum absolute atomic E-state index is 13.3. The Bertz CT molecular complexity index is 998. The second-order valence-electron chi connectivity index (χ2n) is 7.18. The normalized spacial score (nSPS) is 14.0. The van der Waals surface area contributed by atoms with Gasteiger partial charge < -0.3 is 15.1 Å². The summed E-state index contributed by atoms with van der Waals surface area (Å²) in [6.07, 6.45) is 1.77. The van der Waals surface area contributed by atoms with Gasteiger partial charge in [0.05, 0.1) is 11.9 Å². The first-order valence-corrected chi connectivity index (χ1v) is 9.68. The maximum Gasteiger partial charge on any atom is 0.256 e. The lowest BCUT2D eigenvalue weighted by molar-refractivity contribution is 0.102. The van der Waals surface area contributed by atoms with Gasteiger partial charge in [0.2, 0.25) is 0 Å². The van der Waals surface area contributed by atoms with E-state index in [9.17, 15) is 9.18 Å². The molecule has 0 aliphatic carbocycles. The number of amides is 1. The van der Waals surface area contributed by atoms with Gasteiger partial charge in [-0.25, -0.2) is 9.37 Å². The van der Waals surface area contributed by atoms with Gasteiger partial charge in [-0.3, -0.25) is 4.79 Å². The number of halogens is 1. The van der Waals surface area contributed by atoms with Crippen molar-refractivity contribution in [1.82, 2.24) is 4.98 Å². The van der Waals surface area contributed by atoms with Gasteiger partial charge in [-0.2, -0.15) is 0 Å². The van der Waals surface area contributed by atoms with Gasteiger partial charge in [0, 0.05) is 37.4 Å². The van der Waals surface area contributed by atoms with Gasteiger partial charge in [-0.1, -0.05) is 18.2 Å². The molecule has 148 valence electrons. The van der Waals surface area contributed by atoms with Crippen LogP contribution in [-0.4, -0.2) is 37.1 Å². The highest BCUT2D eigenvalue weighted by Gasteiger charge is 2.18. The third kappa shape index (κ3) is 4.54. The van der Waals surface area contributed by atoms with Gasteiger partial charge in [0.25, 0.3) is 5.91 Å². The number of anilines is 3. The van der Waals surface area contributed by atoms with Crippen molar-refractivity contribution in [1.29, 1.82) is 0 Å². The van der Waals surface area contributed by atoms with Gasteiger partial charge in [-0.15, -0.1) is 0 Å². The molecule has 3 aromatic rings. The number of aromatic nitrogens is 1. The number of carbonyl (C=O) groups is 1. The van der Waals surface area contributed by atoms with Crippen molar-refractivity contribution in [2.45, 2.75) is 6.92 Å². The minimum Gasteiger partial charge on any atom is -0.368 e. The fraction of sp³-hybridized carbons (Fsp3) is 0.217. The molecule has 1 aliphatic heterocycles. The first kappa shape index (κ1) is 18.9. The molecule has 5 nitrogen and oxygen atoms in total. The monoisotopic (exact) mass is 390 g/mol. The van der Waals surface area contributed by atoms with E-state index in [0.29, 0.717) is 5.82 Å². The molecule has 29 heavy (non-hydrogen) atoms. The molecule has 1 N–H and O–H groups in total. The van der Waals surface area contributed by atoms with E-state index in [1.165, 1.54) is 29.4 Å². The summed E-state index contributed by atoms with van der Waals surface area (Å²) in [7, 11) is 0. The van der Waals surface area contributed by atoms with Crippen molar-refractivity contribution < 1.29 is 9.18 Å². The Morgan fingerprint density at radius 3 is 2.31 bits per heavy atom. The second kappa shape index (κ2) is 8.31. The SMILES string of the molecule is Cc1cccc(N2CCN(c3ccc(NC(=O)c4cccc(F)c4)nc3)CC2)c1. The fourth-order valence-corrected chi connectivity index (χ4v) is 3.51. The van der Waals surface area contributed by atoms with Crippen molar-refractivity contribution >= 4 is 23.1 Å². The zero-order valence-electron chi connectivity index (χ0n) is 16.3. The van der Waals surface area contributed by atoms with Crippen LogP contribution in [-0.2, 0) is 0 Å². The first-order valence-electron chi connectivity index (χ1n) is 9.68. The van der Waals surface area contributed by atoms with Crippen LogP contribution in [0.5, 0.6) is 0 Å². The first-order chi connectivity index (χ1) is 14.1. The number of aryl methyl sites for hydroxylation is 1. The van der Waals surface area contributed by atoms with Gasteiger partial charge in [0.1, 0.15) is 11.6 Å². The minimum atomic E-state index is -0.439. The van der Waals surface area contributed by atoms with Crippen LogP contribution in [0.15, 0.2) is 66.9 Å². The minimum absolute atomic E-state index is 0.267. The Hall–Kier alpha value is -3.41. The summed E-state index contributed by atoms with van der Waals surface area (Å²) in [6, 6.07) is 17.9. The lowest BCUT2D eigenvalue weighted by Crippen LogP contribution is -2.46. The summed E-state index contributed by atoms with van der Waals surface area (Å²) in [5.74, 6) is -0.372. The average molecular weight is 390 g/mol. The molecule has 0 radical (unpaired) electrons. The predicted molar refractivity (Wildman–Crippen MR) is 114 cm³/mol. The number of pyridine rings is 1. The van der Waals surface area contributed by atoms with E-state index in [4.69, 9.17) is 0 Å². The highest BCUT2D eigenvalue weighted by Crippen LogP contribution is 2.22. The van der Waals surface area contributed by atoms with Crippen LogP contribution >= 0.6 is 0 Å². The number of carbonyl (C=O) groups excluding carboxylic acids is 1. The van der Waals surface area contributed by atoms with Crippen molar-refractivity contribution in [3.8, 4) is 0 Å². The van der Waals surface area contributed by atoms with E-state index in [-0.39, 0.29) is 11.5 Å².